The summed E-state index contributed by atoms with van der Waals surface area (Å²) in [7, 11) is 0. The Hall–Kier alpha value is -1.20. The third-order valence-corrected chi connectivity index (χ3v) is 2.97. The summed E-state index contributed by atoms with van der Waals surface area (Å²) in [5.41, 5.74) is 6.44. The van der Waals surface area contributed by atoms with Gasteiger partial charge in [-0.25, -0.2) is 4.39 Å². The summed E-state index contributed by atoms with van der Waals surface area (Å²) in [5, 5.41) is 9.39. The maximum absolute atomic E-state index is 13.8. The van der Waals surface area contributed by atoms with Crippen LogP contribution in [0, 0.1) is 5.82 Å². The normalized spacial score (nSPS) is 20.1. The van der Waals surface area contributed by atoms with E-state index >= 15 is 0 Å². The third kappa shape index (κ3) is 2.15. The molecule has 86 valence electrons. The molecular weight excluding hydrogens is 227 g/mol. The van der Waals surface area contributed by atoms with Gasteiger partial charge in [0.15, 0.2) is 0 Å². The Bertz CT molecular complexity index is 424. The van der Waals surface area contributed by atoms with Crippen molar-refractivity contribution in [3.8, 4) is 0 Å². The van der Waals surface area contributed by atoms with E-state index in [2.05, 4.69) is 0 Å². The Morgan fingerprint density at radius 1 is 1.56 bits per heavy atom. The highest BCUT2D eigenvalue weighted by Crippen LogP contribution is 2.24. The van der Waals surface area contributed by atoms with Crippen LogP contribution in [-0.4, -0.2) is 29.3 Å². The number of thiocarbonyl (C=S) groups is 1. The molecule has 1 aliphatic rings. The quantitative estimate of drug-likeness (QED) is 0.758. The van der Waals surface area contributed by atoms with Crippen molar-refractivity contribution in [2.45, 2.75) is 12.5 Å². The van der Waals surface area contributed by atoms with Crippen molar-refractivity contribution in [2.75, 3.05) is 18.0 Å². The molecule has 2 rings (SSSR count). The number of anilines is 1. The van der Waals surface area contributed by atoms with E-state index in [0.29, 0.717) is 30.8 Å². The number of nitrogens with zero attached hydrogens (tertiary/aromatic N) is 1. The Labute approximate surface area is 98.7 Å². The molecule has 1 aliphatic heterocycles. The SMILES string of the molecule is NC(=S)c1ccc(N2CCC(O)C2)c(F)c1. The first kappa shape index (κ1) is 11.3. The molecule has 1 saturated heterocycles. The van der Waals surface area contributed by atoms with Gasteiger partial charge in [0.1, 0.15) is 10.8 Å². The second-order valence-electron chi connectivity index (χ2n) is 3.92. The second kappa shape index (κ2) is 4.35. The molecule has 1 aromatic carbocycles. The lowest BCUT2D eigenvalue weighted by Gasteiger charge is -2.18. The Morgan fingerprint density at radius 3 is 2.81 bits per heavy atom. The smallest absolute Gasteiger partial charge is 0.147 e. The maximum Gasteiger partial charge on any atom is 0.147 e. The summed E-state index contributed by atoms with van der Waals surface area (Å²) in [4.78, 5) is 2.01. The molecule has 0 saturated carbocycles. The van der Waals surface area contributed by atoms with Crippen molar-refractivity contribution in [2.24, 2.45) is 5.73 Å². The van der Waals surface area contributed by atoms with Crippen molar-refractivity contribution in [1.82, 2.24) is 0 Å². The van der Waals surface area contributed by atoms with E-state index in [9.17, 15) is 9.50 Å². The summed E-state index contributed by atoms with van der Waals surface area (Å²) >= 11 is 4.78. The van der Waals surface area contributed by atoms with E-state index in [1.807, 2.05) is 4.90 Å². The molecule has 0 radical (unpaired) electrons. The summed E-state index contributed by atoms with van der Waals surface area (Å²) < 4.78 is 13.8. The van der Waals surface area contributed by atoms with Crippen molar-refractivity contribution in [3.05, 3.63) is 29.6 Å². The minimum atomic E-state index is -0.366. The first-order chi connectivity index (χ1) is 7.58. The lowest BCUT2D eigenvalue weighted by Crippen LogP contribution is -2.22. The Morgan fingerprint density at radius 2 is 2.31 bits per heavy atom. The molecule has 1 aromatic rings. The van der Waals surface area contributed by atoms with Crippen molar-refractivity contribution >= 4 is 22.9 Å². The van der Waals surface area contributed by atoms with Crippen LogP contribution in [0.4, 0.5) is 10.1 Å². The molecule has 0 amide bonds. The van der Waals surface area contributed by atoms with Crippen molar-refractivity contribution in [3.63, 3.8) is 0 Å². The monoisotopic (exact) mass is 240 g/mol. The fourth-order valence-electron chi connectivity index (χ4n) is 1.88. The highest BCUT2D eigenvalue weighted by atomic mass is 32.1. The van der Waals surface area contributed by atoms with E-state index in [-0.39, 0.29) is 16.9 Å². The van der Waals surface area contributed by atoms with Gasteiger partial charge in [0, 0.05) is 18.7 Å². The lowest BCUT2D eigenvalue weighted by molar-refractivity contribution is 0.198. The fraction of sp³-hybridized carbons (Fsp3) is 0.364. The molecule has 3 N–H and O–H groups in total. The number of hydrogen-bond acceptors (Lipinski definition) is 3. The molecule has 1 heterocycles. The lowest BCUT2D eigenvalue weighted by atomic mass is 10.2. The van der Waals surface area contributed by atoms with Crippen molar-refractivity contribution < 1.29 is 9.50 Å². The minimum Gasteiger partial charge on any atom is -0.391 e. The Balaban J connectivity index is 2.26. The molecule has 5 heteroatoms. The van der Waals surface area contributed by atoms with Crippen molar-refractivity contribution in [1.29, 1.82) is 0 Å². The van der Waals surface area contributed by atoms with E-state index < -0.39 is 0 Å². The number of hydrogen-bond donors (Lipinski definition) is 2. The average molecular weight is 240 g/mol. The second-order valence-corrected chi connectivity index (χ2v) is 4.36. The van der Waals surface area contributed by atoms with Gasteiger partial charge in [-0.05, 0) is 24.6 Å². The summed E-state index contributed by atoms with van der Waals surface area (Å²) in [6.45, 7) is 1.15. The molecule has 1 atom stereocenters. The van der Waals surface area contributed by atoms with Gasteiger partial charge < -0.3 is 15.7 Å². The fourth-order valence-corrected chi connectivity index (χ4v) is 2.00. The summed E-state index contributed by atoms with van der Waals surface area (Å²) in [5.74, 6) is -0.348. The number of nitrogens with two attached hydrogens (primary N) is 1. The van der Waals surface area contributed by atoms with Crippen LogP contribution < -0.4 is 10.6 Å². The number of aliphatic hydroxyl groups excluding tert-OH is 1. The van der Waals surface area contributed by atoms with Crippen LogP contribution in [0.25, 0.3) is 0 Å². The highest BCUT2D eigenvalue weighted by molar-refractivity contribution is 7.80. The molecule has 0 aromatic heterocycles. The number of benzene rings is 1. The van der Waals surface area contributed by atoms with E-state index in [0.717, 1.165) is 0 Å². The largest absolute Gasteiger partial charge is 0.391 e. The predicted octanol–water partition coefficient (Wildman–Crippen LogP) is 1.03. The van der Waals surface area contributed by atoms with Gasteiger partial charge in [-0.2, -0.15) is 0 Å². The zero-order valence-electron chi connectivity index (χ0n) is 8.69. The first-order valence-electron chi connectivity index (χ1n) is 5.10. The van der Waals surface area contributed by atoms with Gasteiger partial charge in [-0.3, -0.25) is 0 Å². The van der Waals surface area contributed by atoms with Gasteiger partial charge in [-0.1, -0.05) is 12.2 Å². The molecule has 3 nitrogen and oxygen atoms in total. The van der Waals surface area contributed by atoms with Crippen LogP contribution in [0.3, 0.4) is 0 Å². The van der Waals surface area contributed by atoms with Gasteiger partial charge in [0.05, 0.1) is 11.8 Å². The molecule has 0 spiro atoms. The average Bonchev–Trinajstić information content (AvgIpc) is 2.64. The van der Waals surface area contributed by atoms with Gasteiger partial charge in [-0.15, -0.1) is 0 Å². The van der Waals surface area contributed by atoms with Gasteiger partial charge >= 0.3 is 0 Å². The number of halogens is 1. The number of β-amino-alcohol motifs (C(OH)–C–C–N with tert-alkyl or cyclic N) is 1. The molecule has 0 aliphatic carbocycles. The topological polar surface area (TPSA) is 49.5 Å². The molecule has 1 fully saturated rings. The van der Waals surface area contributed by atoms with Crippen LogP contribution in [-0.2, 0) is 0 Å². The minimum absolute atomic E-state index is 0.187. The maximum atomic E-state index is 13.8. The standard InChI is InChI=1S/C11H13FN2OS/c12-9-5-7(11(13)16)1-2-10(9)14-4-3-8(15)6-14/h1-2,5,8,15H,3-4,6H2,(H2,13,16). The van der Waals surface area contributed by atoms with Crippen LogP contribution in [0.15, 0.2) is 18.2 Å². The predicted molar refractivity (Wildman–Crippen MR) is 65.1 cm³/mol. The number of aliphatic hydroxyl groups is 1. The van der Waals surface area contributed by atoms with Crippen LogP contribution in [0.1, 0.15) is 12.0 Å². The third-order valence-electron chi connectivity index (χ3n) is 2.74. The Kier molecular flexibility index (Phi) is 3.07. The highest BCUT2D eigenvalue weighted by Gasteiger charge is 2.22. The van der Waals surface area contributed by atoms with Crippen LogP contribution >= 0.6 is 12.2 Å². The molecule has 0 bridgehead atoms. The molecule has 1 unspecified atom stereocenters. The summed E-state index contributed by atoms with van der Waals surface area (Å²) in [6, 6.07) is 4.69. The zero-order valence-corrected chi connectivity index (χ0v) is 9.51. The van der Waals surface area contributed by atoms with Crippen LogP contribution in [0.2, 0.25) is 0 Å². The molecule has 16 heavy (non-hydrogen) atoms. The number of rotatable bonds is 2. The first-order valence-corrected chi connectivity index (χ1v) is 5.51. The van der Waals surface area contributed by atoms with Crippen LogP contribution in [0.5, 0.6) is 0 Å². The van der Waals surface area contributed by atoms with E-state index in [1.165, 1.54) is 6.07 Å². The van der Waals surface area contributed by atoms with E-state index in [1.54, 1.807) is 12.1 Å². The molecular formula is C11H13FN2OS. The van der Waals surface area contributed by atoms with E-state index in [4.69, 9.17) is 18.0 Å². The zero-order chi connectivity index (χ0) is 11.7. The van der Waals surface area contributed by atoms with Gasteiger partial charge in [0.25, 0.3) is 0 Å². The summed E-state index contributed by atoms with van der Waals surface area (Å²) in [6.07, 6.45) is 0.311. The van der Waals surface area contributed by atoms with Gasteiger partial charge in [0.2, 0.25) is 0 Å².